The number of ether oxygens (including phenoxy) is 1. The molecule has 2 bridgehead atoms. The summed E-state index contributed by atoms with van der Waals surface area (Å²) < 4.78 is 99.8. The lowest BCUT2D eigenvalue weighted by Crippen LogP contribution is -2.54. The quantitative estimate of drug-likeness (QED) is 0.325. The van der Waals surface area contributed by atoms with Crippen molar-refractivity contribution in [2.24, 2.45) is 17.3 Å². The maximum Gasteiger partial charge on any atom is 0.432 e. The number of aldehydes is 1. The zero-order valence-corrected chi connectivity index (χ0v) is 14.2. The highest BCUT2D eigenvalue weighted by Crippen LogP contribution is 2.52. The van der Waals surface area contributed by atoms with Crippen molar-refractivity contribution >= 4 is 22.4 Å². The molecule has 0 spiro atoms. The third-order valence-electron chi connectivity index (χ3n) is 5.03. The lowest BCUT2D eigenvalue weighted by Gasteiger charge is -2.45. The van der Waals surface area contributed by atoms with E-state index < -0.39 is 45.0 Å². The Morgan fingerprint density at radius 3 is 2.35 bits per heavy atom. The number of esters is 1. The summed E-state index contributed by atoms with van der Waals surface area (Å²) in [5.41, 5.74) is -1.55. The van der Waals surface area contributed by atoms with Crippen molar-refractivity contribution in [1.29, 1.82) is 0 Å². The molecule has 0 saturated heterocycles. The zero-order chi connectivity index (χ0) is 20.0. The van der Waals surface area contributed by atoms with Gasteiger partial charge in [-0.05, 0) is 31.6 Å². The highest BCUT2D eigenvalue weighted by Gasteiger charge is 2.67. The Labute approximate surface area is 145 Å². The van der Waals surface area contributed by atoms with E-state index >= 15 is 0 Å². The molecule has 2 saturated carbocycles. The van der Waals surface area contributed by atoms with Gasteiger partial charge in [0.1, 0.15) is 6.29 Å². The number of carbonyl (C=O) groups is 2. The van der Waals surface area contributed by atoms with E-state index in [1.54, 1.807) is 0 Å². The van der Waals surface area contributed by atoms with Crippen LogP contribution in [0.2, 0.25) is 0 Å². The van der Waals surface area contributed by atoms with Gasteiger partial charge >= 0.3 is 27.5 Å². The van der Waals surface area contributed by atoms with Crippen LogP contribution in [0.3, 0.4) is 0 Å². The number of halogens is 5. The van der Waals surface area contributed by atoms with E-state index in [0.29, 0.717) is 25.5 Å². The molecule has 0 aromatic heterocycles. The largest absolute Gasteiger partial charge is 0.444 e. The van der Waals surface area contributed by atoms with Crippen LogP contribution in [0.15, 0.2) is 0 Å². The number of rotatable bonds is 5. The first kappa shape index (κ1) is 21.0. The van der Waals surface area contributed by atoms with Gasteiger partial charge in [-0.3, -0.25) is 9.35 Å². The second kappa shape index (κ2) is 6.70. The van der Waals surface area contributed by atoms with Gasteiger partial charge in [-0.2, -0.15) is 30.4 Å². The van der Waals surface area contributed by atoms with Crippen molar-refractivity contribution < 1.29 is 49.2 Å². The van der Waals surface area contributed by atoms with Crippen molar-refractivity contribution in [2.75, 3.05) is 0 Å². The summed E-state index contributed by atoms with van der Waals surface area (Å²) in [6.07, 6.45) is -8.20. The molecule has 26 heavy (non-hydrogen) atoms. The Balaban J connectivity index is 2.33. The molecule has 12 heteroatoms. The normalized spacial score (nSPS) is 31.2. The molecule has 150 valence electrons. The lowest BCUT2D eigenvalue weighted by atomic mass is 9.59. The molecule has 2 fully saturated rings. The van der Waals surface area contributed by atoms with Crippen LogP contribution in [-0.2, 0) is 24.4 Å². The molecule has 6 nitrogen and oxygen atoms in total. The predicted molar refractivity (Wildman–Crippen MR) is 75.6 cm³/mol. The first-order valence-corrected chi connectivity index (χ1v) is 9.25. The Hall–Kier alpha value is -1.30. The number of carbonyl (C=O) groups excluding carboxylic acids is 2. The summed E-state index contributed by atoms with van der Waals surface area (Å²) >= 11 is 0. The number of hydrogen-bond acceptors (Lipinski definition) is 5. The van der Waals surface area contributed by atoms with Gasteiger partial charge in [-0.25, -0.2) is 0 Å². The summed E-state index contributed by atoms with van der Waals surface area (Å²) in [6, 6.07) is 0. The van der Waals surface area contributed by atoms with Crippen LogP contribution in [0.1, 0.15) is 38.5 Å². The summed E-state index contributed by atoms with van der Waals surface area (Å²) in [4.78, 5) is 23.4. The molecule has 2 rings (SSSR count). The third kappa shape index (κ3) is 3.85. The van der Waals surface area contributed by atoms with Crippen LogP contribution >= 0.6 is 0 Å². The van der Waals surface area contributed by atoms with Crippen LogP contribution in [0.5, 0.6) is 0 Å². The van der Waals surface area contributed by atoms with Crippen LogP contribution in [-0.4, -0.2) is 42.8 Å². The predicted octanol–water partition coefficient (Wildman–Crippen LogP) is 2.73. The van der Waals surface area contributed by atoms with Crippen LogP contribution in [0, 0.1) is 17.3 Å². The van der Waals surface area contributed by atoms with Crippen molar-refractivity contribution in [3.05, 3.63) is 0 Å². The van der Waals surface area contributed by atoms with Crippen LogP contribution in [0.4, 0.5) is 22.0 Å². The molecule has 0 radical (unpaired) electrons. The van der Waals surface area contributed by atoms with Gasteiger partial charge in [0.25, 0.3) is 6.10 Å². The molecule has 0 aromatic carbocycles. The minimum absolute atomic E-state index is 0.0503. The average Bonchev–Trinajstić information content (AvgIpc) is 2.49. The molecule has 1 N–H and O–H groups in total. The Morgan fingerprint density at radius 2 is 1.85 bits per heavy atom. The average molecular weight is 408 g/mol. The minimum Gasteiger partial charge on any atom is -0.444 e. The van der Waals surface area contributed by atoms with E-state index in [1.807, 2.05) is 0 Å². The topological polar surface area (TPSA) is 97.7 Å². The molecule has 2 aliphatic rings. The second-order valence-electron chi connectivity index (χ2n) is 6.94. The fourth-order valence-corrected chi connectivity index (χ4v) is 4.40. The van der Waals surface area contributed by atoms with Crippen LogP contribution in [0.25, 0.3) is 0 Å². The second-order valence-corrected chi connectivity index (χ2v) is 8.44. The van der Waals surface area contributed by atoms with Gasteiger partial charge in [0.2, 0.25) is 0 Å². The highest BCUT2D eigenvalue weighted by atomic mass is 32.2. The van der Waals surface area contributed by atoms with E-state index in [1.165, 1.54) is 0 Å². The maximum atomic E-state index is 13.6. The molecular formula is C14H17F5O6S. The standard InChI is InChI=1S/C14H17F5O6S/c15-13(16,17)10(14(18,19)26(22,23)24)25-11(21)12-3-1-2-8(5-12)4-9(6-12)7-20/h7-10H,1-6H2,(H,22,23,24). The van der Waals surface area contributed by atoms with E-state index in [4.69, 9.17) is 4.55 Å². The number of hydrogen-bond donors (Lipinski definition) is 1. The fourth-order valence-electron chi connectivity index (χ4n) is 3.95. The molecule has 4 atom stereocenters. The van der Waals surface area contributed by atoms with E-state index in [0.717, 1.165) is 0 Å². The Kier molecular flexibility index (Phi) is 5.41. The van der Waals surface area contributed by atoms with Crippen LogP contribution < -0.4 is 0 Å². The molecule has 0 aliphatic heterocycles. The molecule has 0 amide bonds. The van der Waals surface area contributed by atoms with Crippen molar-refractivity contribution in [1.82, 2.24) is 0 Å². The van der Waals surface area contributed by atoms with Gasteiger partial charge in [0.05, 0.1) is 5.41 Å². The summed E-state index contributed by atoms with van der Waals surface area (Å²) in [6.45, 7) is 0. The van der Waals surface area contributed by atoms with Crippen molar-refractivity contribution in [3.63, 3.8) is 0 Å². The molecular weight excluding hydrogens is 391 g/mol. The fraction of sp³-hybridized carbons (Fsp3) is 0.857. The first-order valence-electron chi connectivity index (χ1n) is 7.81. The van der Waals surface area contributed by atoms with Crippen molar-refractivity contribution in [2.45, 2.75) is 56.1 Å². The number of alkyl halides is 5. The summed E-state index contributed by atoms with van der Waals surface area (Å²) in [5, 5.41) is -5.76. The smallest absolute Gasteiger partial charge is 0.432 e. The van der Waals surface area contributed by atoms with Gasteiger partial charge in [0, 0.05) is 5.92 Å². The summed E-state index contributed by atoms with van der Waals surface area (Å²) in [5.74, 6) is -2.38. The van der Waals surface area contributed by atoms with Gasteiger partial charge in [0.15, 0.2) is 0 Å². The SMILES string of the molecule is O=CC1CC2CCCC(C(=O)OC(C(F)(F)F)C(F)(F)S(=O)(=O)O)(C1)C2. The lowest BCUT2D eigenvalue weighted by molar-refractivity contribution is -0.264. The minimum atomic E-state index is -6.49. The Morgan fingerprint density at radius 1 is 1.23 bits per heavy atom. The molecule has 0 aromatic rings. The van der Waals surface area contributed by atoms with Crippen molar-refractivity contribution in [3.8, 4) is 0 Å². The van der Waals surface area contributed by atoms with Gasteiger partial charge in [-0.15, -0.1) is 0 Å². The monoisotopic (exact) mass is 408 g/mol. The molecule has 0 heterocycles. The number of fused-ring (bicyclic) bond motifs is 2. The third-order valence-corrected chi connectivity index (χ3v) is 5.93. The van der Waals surface area contributed by atoms with Gasteiger partial charge in [-0.1, -0.05) is 12.8 Å². The Bertz CT molecular complexity index is 676. The maximum absolute atomic E-state index is 13.6. The van der Waals surface area contributed by atoms with E-state index in [9.17, 15) is 40.0 Å². The molecule has 2 aliphatic carbocycles. The van der Waals surface area contributed by atoms with E-state index in [-0.39, 0.29) is 25.2 Å². The first-order chi connectivity index (χ1) is 11.7. The highest BCUT2D eigenvalue weighted by molar-refractivity contribution is 7.86. The molecule has 4 unspecified atom stereocenters. The van der Waals surface area contributed by atoms with Gasteiger partial charge < -0.3 is 9.53 Å². The summed E-state index contributed by atoms with van der Waals surface area (Å²) in [7, 11) is -6.49. The zero-order valence-electron chi connectivity index (χ0n) is 13.3. The van der Waals surface area contributed by atoms with E-state index in [2.05, 4.69) is 4.74 Å².